The standard InChI is InChI=1S/C24H25ClN4O5/c1-14-20(10-12-22(30)33-4)15(2)29(28-14)19-8-5-17(6-9-19)24(32)34-16(3)23(31)27-21-11-7-18(25)13-26-21/h5-9,11,13,16H,10,12H2,1-4H3,(H,26,27,31). The Labute approximate surface area is 202 Å². The van der Waals surface area contributed by atoms with Gasteiger partial charge in [0.15, 0.2) is 6.10 Å². The second kappa shape index (κ2) is 10.9. The third-order valence-corrected chi connectivity index (χ3v) is 5.45. The van der Waals surface area contributed by atoms with E-state index >= 15 is 0 Å². The fraction of sp³-hybridized carbons (Fsp3) is 0.292. The van der Waals surface area contributed by atoms with Crippen molar-refractivity contribution in [3.05, 3.63) is 70.1 Å². The van der Waals surface area contributed by atoms with Gasteiger partial charge in [0.05, 0.1) is 29.1 Å². The predicted octanol–water partition coefficient (Wildman–Crippen LogP) is 3.83. The van der Waals surface area contributed by atoms with E-state index < -0.39 is 18.0 Å². The van der Waals surface area contributed by atoms with Crippen molar-refractivity contribution in [1.82, 2.24) is 14.8 Å². The second-order valence-corrected chi connectivity index (χ2v) is 8.02. The average Bonchev–Trinajstić information content (AvgIpc) is 3.11. The van der Waals surface area contributed by atoms with Gasteiger partial charge in [0.1, 0.15) is 5.82 Å². The van der Waals surface area contributed by atoms with Crippen LogP contribution in [-0.4, -0.2) is 45.8 Å². The van der Waals surface area contributed by atoms with Crippen molar-refractivity contribution in [1.29, 1.82) is 0 Å². The third-order valence-electron chi connectivity index (χ3n) is 5.23. The van der Waals surface area contributed by atoms with Crippen LogP contribution < -0.4 is 5.32 Å². The maximum Gasteiger partial charge on any atom is 0.338 e. The molecule has 1 N–H and O–H groups in total. The van der Waals surface area contributed by atoms with Gasteiger partial charge in [-0.3, -0.25) is 9.59 Å². The van der Waals surface area contributed by atoms with Crippen LogP contribution in [0.5, 0.6) is 0 Å². The maximum absolute atomic E-state index is 12.5. The summed E-state index contributed by atoms with van der Waals surface area (Å²) in [6, 6.07) is 9.83. The highest BCUT2D eigenvalue weighted by molar-refractivity contribution is 6.30. The lowest BCUT2D eigenvalue weighted by Crippen LogP contribution is -2.30. The number of aromatic nitrogens is 3. The summed E-state index contributed by atoms with van der Waals surface area (Å²) in [6.45, 7) is 5.28. The number of amides is 1. The Balaban J connectivity index is 1.64. The lowest BCUT2D eigenvalue weighted by atomic mass is 10.1. The van der Waals surface area contributed by atoms with E-state index in [4.69, 9.17) is 21.1 Å². The van der Waals surface area contributed by atoms with Gasteiger partial charge in [-0.25, -0.2) is 14.5 Å². The molecule has 34 heavy (non-hydrogen) atoms. The minimum Gasteiger partial charge on any atom is -0.469 e. The normalized spacial score (nSPS) is 11.6. The monoisotopic (exact) mass is 484 g/mol. The molecule has 2 heterocycles. The number of ether oxygens (including phenoxy) is 2. The number of anilines is 1. The van der Waals surface area contributed by atoms with Crippen LogP contribution in [0.1, 0.15) is 40.7 Å². The van der Waals surface area contributed by atoms with E-state index in [1.54, 1.807) is 41.1 Å². The van der Waals surface area contributed by atoms with Gasteiger partial charge in [-0.1, -0.05) is 11.6 Å². The lowest BCUT2D eigenvalue weighted by Gasteiger charge is -2.13. The number of hydrogen-bond donors (Lipinski definition) is 1. The van der Waals surface area contributed by atoms with Crippen LogP contribution in [-0.2, 0) is 25.5 Å². The minimum atomic E-state index is -1.03. The third kappa shape index (κ3) is 5.99. The first kappa shape index (κ1) is 24.9. The summed E-state index contributed by atoms with van der Waals surface area (Å²) >= 11 is 5.78. The Morgan fingerprint density at radius 3 is 2.44 bits per heavy atom. The summed E-state index contributed by atoms with van der Waals surface area (Å²) in [5.41, 5.74) is 3.74. The zero-order valence-corrected chi connectivity index (χ0v) is 20.0. The highest BCUT2D eigenvalue weighted by Crippen LogP contribution is 2.20. The van der Waals surface area contributed by atoms with Crippen LogP contribution in [0.3, 0.4) is 0 Å². The van der Waals surface area contributed by atoms with E-state index in [9.17, 15) is 14.4 Å². The van der Waals surface area contributed by atoms with Gasteiger partial charge in [-0.2, -0.15) is 5.10 Å². The molecule has 0 aliphatic heterocycles. The Bertz CT molecular complexity index is 1190. The van der Waals surface area contributed by atoms with E-state index in [2.05, 4.69) is 15.4 Å². The van der Waals surface area contributed by atoms with Crippen molar-refractivity contribution in [2.75, 3.05) is 12.4 Å². The summed E-state index contributed by atoms with van der Waals surface area (Å²) in [6.07, 6.45) is 1.17. The molecule has 3 aromatic rings. The molecule has 0 fully saturated rings. The number of esters is 2. The van der Waals surface area contributed by atoms with E-state index in [0.29, 0.717) is 22.8 Å². The molecule has 1 aromatic carbocycles. The zero-order chi connectivity index (χ0) is 24.8. The van der Waals surface area contributed by atoms with Crippen LogP contribution in [0, 0.1) is 13.8 Å². The van der Waals surface area contributed by atoms with Crippen LogP contribution in [0.4, 0.5) is 5.82 Å². The number of halogens is 1. The van der Waals surface area contributed by atoms with Gasteiger partial charge in [0.25, 0.3) is 5.91 Å². The minimum absolute atomic E-state index is 0.272. The van der Waals surface area contributed by atoms with Gasteiger partial charge < -0.3 is 14.8 Å². The first-order valence-electron chi connectivity index (χ1n) is 10.6. The number of pyridine rings is 1. The van der Waals surface area contributed by atoms with Crippen molar-refractivity contribution in [2.24, 2.45) is 0 Å². The summed E-state index contributed by atoms with van der Waals surface area (Å²) < 4.78 is 11.7. The molecule has 9 nitrogen and oxygen atoms in total. The lowest BCUT2D eigenvalue weighted by molar-refractivity contribution is -0.140. The van der Waals surface area contributed by atoms with Crippen LogP contribution in [0.2, 0.25) is 5.02 Å². The summed E-state index contributed by atoms with van der Waals surface area (Å²) in [4.78, 5) is 40.3. The molecule has 3 rings (SSSR count). The van der Waals surface area contributed by atoms with Crippen molar-refractivity contribution in [3.8, 4) is 5.69 Å². The Kier molecular flexibility index (Phi) is 8.01. The van der Waals surface area contributed by atoms with Crippen molar-refractivity contribution >= 4 is 35.3 Å². The molecular weight excluding hydrogens is 460 g/mol. The topological polar surface area (TPSA) is 112 Å². The Morgan fingerprint density at radius 2 is 1.82 bits per heavy atom. The number of nitrogens with one attached hydrogen (secondary N) is 1. The highest BCUT2D eigenvalue weighted by atomic mass is 35.5. The molecular formula is C24H25ClN4O5. The number of nitrogens with zero attached hydrogens (tertiary/aromatic N) is 3. The number of rotatable bonds is 8. The zero-order valence-electron chi connectivity index (χ0n) is 19.3. The van der Waals surface area contributed by atoms with E-state index in [-0.39, 0.29) is 12.4 Å². The number of benzene rings is 1. The highest BCUT2D eigenvalue weighted by Gasteiger charge is 2.20. The van der Waals surface area contributed by atoms with Crippen molar-refractivity contribution in [2.45, 2.75) is 39.7 Å². The molecule has 0 aliphatic rings. The molecule has 178 valence electrons. The molecule has 0 saturated carbocycles. The van der Waals surface area contributed by atoms with Gasteiger partial charge in [-0.05, 0) is 69.2 Å². The second-order valence-electron chi connectivity index (χ2n) is 7.58. The van der Waals surface area contributed by atoms with Crippen molar-refractivity contribution < 1.29 is 23.9 Å². The van der Waals surface area contributed by atoms with E-state index in [1.165, 1.54) is 20.2 Å². The molecule has 0 saturated heterocycles. The number of carbonyl (C=O) groups is 3. The van der Waals surface area contributed by atoms with E-state index in [1.807, 2.05) is 13.8 Å². The van der Waals surface area contributed by atoms with Crippen LogP contribution in [0.15, 0.2) is 42.6 Å². The molecule has 1 atom stereocenters. The number of methoxy groups -OCH3 is 1. The maximum atomic E-state index is 12.5. The molecule has 0 spiro atoms. The molecule has 10 heteroatoms. The van der Waals surface area contributed by atoms with Crippen molar-refractivity contribution in [3.63, 3.8) is 0 Å². The summed E-state index contributed by atoms with van der Waals surface area (Å²) in [5, 5.41) is 7.56. The Hall–Kier alpha value is -3.72. The first-order chi connectivity index (χ1) is 16.2. The van der Waals surface area contributed by atoms with Gasteiger partial charge in [0, 0.05) is 18.3 Å². The van der Waals surface area contributed by atoms with Gasteiger partial charge >= 0.3 is 11.9 Å². The Morgan fingerprint density at radius 1 is 1.12 bits per heavy atom. The number of aryl methyl sites for hydroxylation is 1. The van der Waals surface area contributed by atoms with Crippen LogP contribution in [0.25, 0.3) is 5.69 Å². The molecule has 2 aromatic heterocycles. The summed E-state index contributed by atoms with van der Waals surface area (Å²) in [5.74, 6) is -1.12. The number of carbonyl (C=O) groups excluding carboxylic acids is 3. The fourth-order valence-corrected chi connectivity index (χ4v) is 3.43. The fourth-order valence-electron chi connectivity index (χ4n) is 3.32. The molecule has 1 unspecified atom stereocenters. The average molecular weight is 485 g/mol. The first-order valence-corrected chi connectivity index (χ1v) is 10.9. The number of hydrogen-bond acceptors (Lipinski definition) is 7. The quantitative estimate of drug-likeness (QED) is 0.483. The molecule has 0 radical (unpaired) electrons. The van der Waals surface area contributed by atoms with Crippen LogP contribution >= 0.6 is 11.6 Å². The molecule has 0 aliphatic carbocycles. The largest absolute Gasteiger partial charge is 0.469 e. The molecule has 0 bridgehead atoms. The SMILES string of the molecule is COC(=O)CCc1c(C)nn(-c2ccc(C(=O)OC(C)C(=O)Nc3ccc(Cl)cn3)cc2)c1C. The predicted molar refractivity (Wildman–Crippen MR) is 126 cm³/mol. The summed E-state index contributed by atoms with van der Waals surface area (Å²) in [7, 11) is 1.36. The van der Waals surface area contributed by atoms with Gasteiger partial charge in [-0.15, -0.1) is 0 Å². The molecule has 1 amide bonds. The van der Waals surface area contributed by atoms with Gasteiger partial charge in [0.2, 0.25) is 0 Å². The smallest absolute Gasteiger partial charge is 0.338 e. The van der Waals surface area contributed by atoms with E-state index in [0.717, 1.165) is 22.6 Å².